The van der Waals surface area contributed by atoms with E-state index in [-0.39, 0.29) is 24.3 Å². The number of carbonyl (C=O) groups excluding carboxylic acids is 1. The van der Waals surface area contributed by atoms with Gasteiger partial charge in [0.2, 0.25) is 5.43 Å². The second kappa shape index (κ2) is 12.0. The Balaban J connectivity index is 1.45. The summed E-state index contributed by atoms with van der Waals surface area (Å²) in [7, 11) is 0. The van der Waals surface area contributed by atoms with Crippen molar-refractivity contribution >= 4 is 40.0 Å². The minimum Gasteiger partial charge on any atom is -0.473 e. The highest BCUT2D eigenvalue weighted by Crippen LogP contribution is 2.20. The van der Waals surface area contributed by atoms with Crippen LogP contribution in [0.15, 0.2) is 77.7 Å². The second-order valence-electron chi connectivity index (χ2n) is 9.12. The van der Waals surface area contributed by atoms with E-state index in [4.69, 9.17) is 32.7 Å². The van der Waals surface area contributed by atoms with Gasteiger partial charge >= 0.3 is 0 Å². The first-order chi connectivity index (χ1) is 18.5. The van der Waals surface area contributed by atoms with Crippen molar-refractivity contribution in [3.05, 3.63) is 110 Å². The molecule has 0 bridgehead atoms. The van der Waals surface area contributed by atoms with Gasteiger partial charge in [0.1, 0.15) is 11.3 Å². The minimum absolute atomic E-state index is 0.0506. The maximum absolute atomic E-state index is 13.6. The summed E-state index contributed by atoms with van der Waals surface area (Å²) in [4.78, 5) is 29.0. The van der Waals surface area contributed by atoms with Gasteiger partial charge in [0.05, 0.1) is 18.7 Å². The summed E-state index contributed by atoms with van der Waals surface area (Å²) in [6.45, 7) is 4.15. The highest BCUT2D eigenvalue weighted by Gasteiger charge is 2.18. The first-order valence-electron chi connectivity index (χ1n) is 12.3. The van der Waals surface area contributed by atoms with Crippen molar-refractivity contribution in [2.45, 2.75) is 19.8 Å². The van der Waals surface area contributed by atoms with Crippen molar-refractivity contribution in [1.82, 2.24) is 14.8 Å². The van der Waals surface area contributed by atoms with Crippen molar-refractivity contribution in [2.24, 2.45) is 0 Å². The van der Waals surface area contributed by atoms with Crippen molar-refractivity contribution in [1.29, 1.82) is 0 Å². The summed E-state index contributed by atoms with van der Waals surface area (Å²) in [6.07, 6.45) is 1.55. The van der Waals surface area contributed by atoms with E-state index >= 15 is 0 Å². The van der Waals surface area contributed by atoms with Gasteiger partial charge in [-0.2, -0.15) is 0 Å². The number of halogens is 2. The van der Waals surface area contributed by atoms with Crippen molar-refractivity contribution < 1.29 is 14.3 Å². The van der Waals surface area contributed by atoms with E-state index in [2.05, 4.69) is 10.2 Å². The van der Waals surface area contributed by atoms with Gasteiger partial charge in [-0.05, 0) is 59.7 Å². The molecular weight excluding hydrogens is 525 g/mol. The number of nitrogens with one attached hydrogen (secondary N) is 1. The van der Waals surface area contributed by atoms with Gasteiger partial charge in [-0.15, -0.1) is 0 Å². The lowest BCUT2D eigenvalue weighted by Crippen LogP contribution is -2.35. The number of benzene rings is 3. The van der Waals surface area contributed by atoms with Gasteiger partial charge in [0.25, 0.3) is 5.91 Å². The summed E-state index contributed by atoms with van der Waals surface area (Å²) in [5.41, 5.74) is 2.29. The van der Waals surface area contributed by atoms with Crippen LogP contribution in [-0.4, -0.2) is 41.7 Å². The molecule has 1 aromatic heterocycles. The monoisotopic (exact) mass is 551 g/mol. The number of rotatable bonds is 8. The molecule has 1 amide bonds. The molecule has 0 aliphatic carbocycles. The third-order valence-electron chi connectivity index (χ3n) is 6.45. The van der Waals surface area contributed by atoms with Gasteiger partial charge in [0, 0.05) is 47.8 Å². The molecule has 1 fully saturated rings. The highest BCUT2D eigenvalue weighted by molar-refractivity contribution is 6.30. The summed E-state index contributed by atoms with van der Waals surface area (Å²) in [5, 5.41) is 4.55. The topological polar surface area (TPSA) is 72.8 Å². The first kappa shape index (κ1) is 26.3. The summed E-state index contributed by atoms with van der Waals surface area (Å²) >= 11 is 12.0. The average Bonchev–Trinajstić information content (AvgIpc) is 2.94. The van der Waals surface area contributed by atoms with Crippen molar-refractivity contribution in [2.75, 3.05) is 26.3 Å². The predicted octanol–water partition coefficient (Wildman–Crippen LogP) is 5.11. The van der Waals surface area contributed by atoms with Gasteiger partial charge < -0.3 is 19.4 Å². The largest absolute Gasteiger partial charge is 0.473 e. The van der Waals surface area contributed by atoms with Crippen LogP contribution in [0.25, 0.3) is 10.9 Å². The summed E-state index contributed by atoms with van der Waals surface area (Å²) in [5.74, 6) is 0.171. The zero-order valence-electron chi connectivity index (χ0n) is 20.7. The van der Waals surface area contributed by atoms with E-state index in [0.29, 0.717) is 46.5 Å². The molecular formula is C29H27Cl2N3O4. The fourth-order valence-electron chi connectivity index (χ4n) is 4.38. The SMILES string of the molecule is O=C(NCc1ccc(Cl)cc1)c1cn(COc2ccc(Cl)cc2)c2ccc(CN3CCOCC3)cc2c1=O. The molecule has 3 aromatic carbocycles. The Kier molecular flexibility index (Phi) is 8.29. The third kappa shape index (κ3) is 6.37. The molecule has 0 unspecified atom stereocenters. The van der Waals surface area contributed by atoms with Crippen LogP contribution in [-0.2, 0) is 24.6 Å². The van der Waals surface area contributed by atoms with E-state index in [1.165, 1.54) is 0 Å². The number of amides is 1. The van der Waals surface area contributed by atoms with Gasteiger partial charge in [-0.3, -0.25) is 14.5 Å². The molecule has 9 heteroatoms. The Morgan fingerprint density at radius 2 is 1.58 bits per heavy atom. The van der Waals surface area contributed by atoms with Crippen LogP contribution in [0.2, 0.25) is 10.0 Å². The van der Waals surface area contributed by atoms with E-state index in [9.17, 15) is 9.59 Å². The molecule has 0 atom stereocenters. The summed E-state index contributed by atoms with van der Waals surface area (Å²) in [6, 6.07) is 20.0. The maximum atomic E-state index is 13.6. The van der Waals surface area contributed by atoms with Crippen LogP contribution in [0.5, 0.6) is 5.75 Å². The number of aromatic nitrogens is 1. The van der Waals surface area contributed by atoms with Crippen LogP contribution in [0, 0.1) is 0 Å². The van der Waals surface area contributed by atoms with Crippen LogP contribution in [0.1, 0.15) is 21.5 Å². The third-order valence-corrected chi connectivity index (χ3v) is 6.95. The Morgan fingerprint density at radius 1 is 0.921 bits per heavy atom. The average molecular weight is 552 g/mol. The van der Waals surface area contributed by atoms with E-state index in [1.807, 2.05) is 30.3 Å². The summed E-state index contributed by atoms with van der Waals surface area (Å²) < 4.78 is 13.2. The predicted molar refractivity (Wildman–Crippen MR) is 149 cm³/mol. The zero-order chi connectivity index (χ0) is 26.5. The molecule has 196 valence electrons. The lowest BCUT2D eigenvalue weighted by molar-refractivity contribution is 0.0342. The van der Waals surface area contributed by atoms with Gasteiger partial charge in [-0.25, -0.2) is 0 Å². The molecule has 5 rings (SSSR count). The molecule has 1 N–H and O–H groups in total. The smallest absolute Gasteiger partial charge is 0.257 e. The molecule has 4 aromatic rings. The number of nitrogens with zero attached hydrogens (tertiary/aromatic N) is 2. The van der Waals surface area contributed by atoms with Crippen LogP contribution >= 0.6 is 23.2 Å². The Bertz CT molecular complexity index is 1480. The van der Waals surface area contributed by atoms with Crippen LogP contribution < -0.4 is 15.5 Å². The first-order valence-corrected chi connectivity index (χ1v) is 13.1. The molecule has 1 aliphatic rings. The van der Waals surface area contributed by atoms with Gasteiger partial charge in [-0.1, -0.05) is 41.4 Å². The molecule has 1 aliphatic heterocycles. The lowest BCUT2D eigenvalue weighted by atomic mass is 10.1. The second-order valence-corrected chi connectivity index (χ2v) is 9.99. The molecule has 0 saturated carbocycles. The number of carbonyl (C=O) groups is 1. The lowest BCUT2D eigenvalue weighted by Gasteiger charge is -2.26. The van der Waals surface area contributed by atoms with E-state index in [1.54, 1.807) is 47.2 Å². The molecule has 0 radical (unpaired) electrons. The zero-order valence-corrected chi connectivity index (χ0v) is 22.2. The van der Waals surface area contributed by atoms with Crippen LogP contribution in [0.4, 0.5) is 0 Å². The Hall–Kier alpha value is -3.36. The number of hydrogen-bond donors (Lipinski definition) is 1. The number of pyridine rings is 1. The van der Waals surface area contributed by atoms with Crippen molar-refractivity contribution in [3.63, 3.8) is 0 Å². The highest BCUT2D eigenvalue weighted by atomic mass is 35.5. The molecule has 7 nitrogen and oxygen atoms in total. The molecule has 38 heavy (non-hydrogen) atoms. The van der Waals surface area contributed by atoms with E-state index < -0.39 is 5.91 Å². The fourth-order valence-corrected chi connectivity index (χ4v) is 4.64. The molecule has 1 saturated heterocycles. The Labute approximate surface area is 230 Å². The fraction of sp³-hybridized carbons (Fsp3) is 0.241. The van der Waals surface area contributed by atoms with Crippen molar-refractivity contribution in [3.8, 4) is 5.75 Å². The maximum Gasteiger partial charge on any atom is 0.257 e. The Morgan fingerprint density at radius 3 is 2.29 bits per heavy atom. The van der Waals surface area contributed by atoms with Gasteiger partial charge in [0.15, 0.2) is 6.73 Å². The quantitative estimate of drug-likeness (QED) is 0.329. The minimum atomic E-state index is -0.453. The number of ether oxygens (including phenoxy) is 2. The number of morpholine rings is 1. The van der Waals surface area contributed by atoms with E-state index in [0.717, 1.165) is 24.2 Å². The number of fused-ring (bicyclic) bond motifs is 1. The molecule has 2 heterocycles. The van der Waals surface area contributed by atoms with Crippen LogP contribution in [0.3, 0.4) is 0 Å². The standard InChI is InChI=1S/C29H27Cl2N3O4/c30-22-4-1-20(2-5-22)16-32-29(36)26-18-34(19-38-24-8-6-23(31)7-9-24)27-10-3-21(15-25(27)28(26)35)17-33-11-13-37-14-12-33/h1-10,15,18H,11-14,16-17,19H2,(H,32,36). The number of hydrogen-bond acceptors (Lipinski definition) is 5. The normalized spacial score (nSPS) is 13.9. The molecule has 0 spiro atoms.